The van der Waals surface area contributed by atoms with Crippen LogP contribution < -0.4 is 4.90 Å². The standard InChI is InChI=1S/C34H26N2/c1-26(24-27-12-14-28(25-35)15-13-27)29-16-20-33(21-17-29)36(32-10-6-3-7-11-32)34-22-18-31(19-23-34)30-8-4-2-5-9-30/h2-24H,1H3/b26-24-. The summed E-state index contributed by atoms with van der Waals surface area (Å²) in [5.74, 6) is 0. The topological polar surface area (TPSA) is 27.0 Å². The van der Waals surface area contributed by atoms with E-state index in [1.165, 1.54) is 16.7 Å². The summed E-state index contributed by atoms with van der Waals surface area (Å²) in [6.07, 6.45) is 2.15. The van der Waals surface area contributed by atoms with Crippen molar-refractivity contribution in [2.75, 3.05) is 4.90 Å². The molecule has 0 atom stereocenters. The number of nitriles is 1. The van der Waals surface area contributed by atoms with Crippen molar-refractivity contribution in [1.82, 2.24) is 0 Å². The van der Waals surface area contributed by atoms with Crippen molar-refractivity contribution < 1.29 is 0 Å². The van der Waals surface area contributed by atoms with Crippen molar-refractivity contribution in [1.29, 1.82) is 5.26 Å². The van der Waals surface area contributed by atoms with Gasteiger partial charge in [-0.25, -0.2) is 0 Å². The first-order valence-electron chi connectivity index (χ1n) is 12.0. The molecule has 5 aromatic rings. The lowest BCUT2D eigenvalue weighted by atomic mass is 10.0. The number of rotatable bonds is 6. The van der Waals surface area contributed by atoms with Gasteiger partial charge in [-0.3, -0.25) is 0 Å². The van der Waals surface area contributed by atoms with Crippen LogP contribution in [-0.4, -0.2) is 0 Å². The molecule has 36 heavy (non-hydrogen) atoms. The van der Waals surface area contributed by atoms with E-state index in [2.05, 4.69) is 121 Å². The van der Waals surface area contributed by atoms with E-state index in [0.29, 0.717) is 5.56 Å². The number of benzene rings is 5. The van der Waals surface area contributed by atoms with Crippen molar-refractivity contribution in [3.63, 3.8) is 0 Å². The van der Waals surface area contributed by atoms with Gasteiger partial charge in [0.05, 0.1) is 11.6 Å². The Balaban J connectivity index is 1.45. The number of nitrogens with zero attached hydrogens (tertiary/aromatic N) is 2. The molecule has 0 aromatic heterocycles. The largest absolute Gasteiger partial charge is 0.311 e. The summed E-state index contributed by atoms with van der Waals surface area (Å²) in [6.45, 7) is 2.12. The minimum absolute atomic E-state index is 0.673. The Labute approximate surface area is 213 Å². The molecule has 0 aliphatic rings. The molecule has 0 saturated carbocycles. The van der Waals surface area contributed by atoms with E-state index in [1.54, 1.807) is 0 Å². The van der Waals surface area contributed by atoms with E-state index < -0.39 is 0 Å². The number of anilines is 3. The maximum absolute atomic E-state index is 9.02. The molecule has 5 rings (SSSR count). The Hall–Kier alpha value is -4.87. The maximum atomic E-state index is 9.02. The molecule has 0 bridgehead atoms. The van der Waals surface area contributed by atoms with E-state index in [9.17, 15) is 0 Å². The fourth-order valence-electron chi connectivity index (χ4n) is 4.32. The molecule has 0 radical (unpaired) electrons. The molecule has 2 nitrogen and oxygen atoms in total. The molecule has 0 aliphatic carbocycles. The second-order valence-corrected chi connectivity index (χ2v) is 8.69. The van der Waals surface area contributed by atoms with Gasteiger partial charge < -0.3 is 4.90 Å². The van der Waals surface area contributed by atoms with E-state index >= 15 is 0 Å². The van der Waals surface area contributed by atoms with Crippen LogP contribution in [0.3, 0.4) is 0 Å². The number of allylic oxidation sites excluding steroid dienone is 1. The predicted octanol–water partition coefficient (Wildman–Crippen LogP) is 9.26. The number of hydrogen-bond donors (Lipinski definition) is 0. The van der Waals surface area contributed by atoms with Gasteiger partial charge in [-0.1, -0.05) is 91.0 Å². The molecule has 0 aliphatic heterocycles. The van der Waals surface area contributed by atoms with Crippen molar-refractivity contribution >= 4 is 28.7 Å². The zero-order chi connectivity index (χ0) is 24.7. The smallest absolute Gasteiger partial charge is 0.0991 e. The zero-order valence-corrected chi connectivity index (χ0v) is 20.2. The summed E-state index contributed by atoms with van der Waals surface area (Å²) in [5, 5.41) is 9.02. The molecule has 172 valence electrons. The van der Waals surface area contributed by atoms with Crippen LogP contribution in [0, 0.1) is 11.3 Å². The Kier molecular flexibility index (Phi) is 6.74. The van der Waals surface area contributed by atoms with Crippen LogP contribution in [0.15, 0.2) is 133 Å². The van der Waals surface area contributed by atoms with Gasteiger partial charge in [-0.05, 0) is 83.3 Å². The van der Waals surface area contributed by atoms with Gasteiger partial charge in [0.15, 0.2) is 0 Å². The van der Waals surface area contributed by atoms with Crippen molar-refractivity contribution in [3.05, 3.63) is 150 Å². The average molecular weight is 463 g/mol. The predicted molar refractivity (Wildman–Crippen MR) is 151 cm³/mol. The van der Waals surface area contributed by atoms with E-state index in [-0.39, 0.29) is 0 Å². The first kappa shape index (κ1) is 22.9. The van der Waals surface area contributed by atoms with Gasteiger partial charge in [-0.2, -0.15) is 5.26 Å². The minimum Gasteiger partial charge on any atom is -0.311 e. The molecule has 5 aromatic carbocycles. The Bertz CT molecular complexity index is 1490. The summed E-state index contributed by atoms with van der Waals surface area (Å²) in [6, 6.07) is 48.1. The lowest BCUT2D eigenvalue weighted by Gasteiger charge is -2.26. The fourth-order valence-corrected chi connectivity index (χ4v) is 4.32. The fraction of sp³-hybridized carbons (Fsp3) is 0.0294. The van der Waals surface area contributed by atoms with Gasteiger partial charge in [0, 0.05) is 17.1 Å². The Morgan fingerprint density at radius 1 is 0.583 bits per heavy atom. The van der Waals surface area contributed by atoms with Crippen LogP contribution in [0.25, 0.3) is 22.8 Å². The van der Waals surface area contributed by atoms with Gasteiger partial charge in [0.2, 0.25) is 0 Å². The molecule has 0 heterocycles. The molecule has 0 saturated heterocycles. The highest BCUT2D eigenvalue weighted by Crippen LogP contribution is 2.36. The van der Waals surface area contributed by atoms with Crippen molar-refractivity contribution in [2.24, 2.45) is 0 Å². The molecule has 0 amide bonds. The van der Waals surface area contributed by atoms with Crippen molar-refractivity contribution in [3.8, 4) is 17.2 Å². The first-order valence-corrected chi connectivity index (χ1v) is 12.0. The number of para-hydroxylation sites is 1. The van der Waals surface area contributed by atoms with Gasteiger partial charge in [0.1, 0.15) is 0 Å². The second-order valence-electron chi connectivity index (χ2n) is 8.69. The van der Waals surface area contributed by atoms with Crippen LogP contribution in [0.5, 0.6) is 0 Å². The average Bonchev–Trinajstić information content (AvgIpc) is 2.95. The van der Waals surface area contributed by atoms with Crippen LogP contribution in [0.2, 0.25) is 0 Å². The lowest BCUT2D eigenvalue weighted by Crippen LogP contribution is -2.09. The second kappa shape index (κ2) is 10.6. The summed E-state index contributed by atoms with van der Waals surface area (Å²) in [5.41, 5.74) is 9.83. The third-order valence-electron chi connectivity index (χ3n) is 6.25. The summed E-state index contributed by atoms with van der Waals surface area (Å²) >= 11 is 0. The lowest BCUT2D eigenvalue weighted by molar-refractivity contribution is 1.28. The van der Waals surface area contributed by atoms with Gasteiger partial charge in [-0.15, -0.1) is 0 Å². The normalized spacial score (nSPS) is 11.1. The Morgan fingerprint density at radius 3 is 1.67 bits per heavy atom. The van der Waals surface area contributed by atoms with E-state index in [0.717, 1.165) is 28.2 Å². The van der Waals surface area contributed by atoms with Crippen molar-refractivity contribution in [2.45, 2.75) is 6.92 Å². The third-order valence-corrected chi connectivity index (χ3v) is 6.25. The third kappa shape index (κ3) is 5.12. The molecule has 0 unspecified atom stereocenters. The monoisotopic (exact) mass is 462 g/mol. The van der Waals surface area contributed by atoms with Crippen LogP contribution in [0.1, 0.15) is 23.6 Å². The SMILES string of the molecule is C/C(=C/c1ccc(C#N)cc1)c1ccc(N(c2ccccc2)c2ccc(-c3ccccc3)cc2)cc1. The number of hydrogen-bond acceptors (Lipinski definition) is 2. The highest BCUT2D eigenvalue weighted by atomic mass is 15.1. The molecule has 0 spiro atoms. The molecule has 0 N–H and O–H groups in total. The van der Waals surface area contributed by atoms with Gasteiger partial charge >= 0.3 is 0 Å². The van der Waals surface area contributed by atoms with E-state index in [1.807, 2.05) is 36.4 Å². The molecular weight excluding hydrogens is 436 g/mol. The van der Waals surface area contributed by atoms with E-state index in [4.69, 9.17) is 5.26 Å². The summed E-state index contributed by atoms with van der Waals surface area (Å²) in [4.78, 5) is 2.28. The van der Waals surface area contributed by atoms with Crippen LogP contribution in [-0.2, 0) is 0 Å². The molecule has 0 fully saturated rings. The first-order chi connectivity index (χ1) is 17.7. The molecular formula is C34H26N2. The Morgan fingerprint density at radius 2 is 1.08 bits per heavy atom. The maximum Gasteiger partial charge on any atom is 0.0991 e. The highest BCUT2D eigenvalue weighted by molar-refractivity contribution is 5.83. The van der Waals surface area contributed by atoms with Gasteiger partial charge in [0.25, 0.3) is 0 Å². The quantitative estimate of drug-likeness (QED) is 0.235. The summed E-state index contributed by atoms with van der Waals surface area (Å²) in [7, 11) is 0. The highest BCUT2D eigenvalue weighted by Gasteiger charge is 2.12. The van der Waals surface area contributed by atoms with Crippen LogP contribution in [0.4, 0.5) is 17.1 Å². The summed E-state index contributed by atoms with van der Waals surface area (Å²) < 4.78 is 0. The molecule has 2 heteroatoms. The van der Waals surface area contributed by atoms with Crippen LogP contribution >= 0.6 is 0 Å². The zero-order valence-electron chi connectivity index (χ0n) is 20.2. The minimum atomic E-state index is 0.673.